The summed E-state index contributed by atoms with van der Waals surface area (Å²) in [5.74, 6) is 0.600. The van der Waals surface area contributed by atoms with Crippen molar-refractivity contribution in [1.29, 1.82) is 0 Å². The number of carbonyl (C=O) groups excluding carboxylic acids is 1. The second-order valence-corrected chi connectivity index (χ2v) is 6.82. The van der Waals surface area contributed by atoms with Gasteiger partial charge in [-0.25, -0.2) is 8.42 Å². The fraction of sp³-hybridized carbons (Fsp3) is 0.235. The summed E-state index contributed by atoms with van der Waals surface area (Å²) >= 11 is 0. The molecule has 2 rings (SSSR count). The van der Waals surface area contributed by atoms with Gasteiger partial charge in [-0.2, -0.15) is 0 Å². The van der Waals surface area contributed by atoms with Crippen LogP contribution in [0.5, 0.6) is 11.5 Å². The molecular weight excluding hydrogens is 330 g/mol. The molecule has 128 valence electrons. The van der Waals surface area contributed by atoms with Crippen molar-refractivity contribution in [1.82, 2.24) is 0 Å². The molecule has 0 aliphatic heterocycles. The van der Waals surface area contributed by atoms with E-state index in [0.29, 0.717) is 22.6 Å². The van der Waals surface area contributed by atoms with Crippen LogP contribution in [-0.4, -0.2) is 28.4 Å². The first-order chi connectivity index (χ1) is 11.3. The van der Waals surface area contributed by atoms with Crippen LogP contribution in [0.15, 0.2) is 41.3 Å². The van der Waals surface area contributed by atoms with Gasteiger partial charge in [0.25, 0.3) is 10.0 Å². The van der Waals surface area contributed by atoms with Crippen molar-refractivity contribution in [3.8, 4) is 11.5 Å². The SMILES string of the molecule is COc1ccc(S(=O)(=O)Nc2cccc(C(C)=O)c2)c(OC)c1C. The highest BCUT2D eigenvalue weighted by Crippen LogP contribution is 2.34. The normalized spacial score (nSPS) is 11.0. The van der Waals surface area contributed by atoms with Crippen molar-refractivity contribution in [3.63, 3.8) is 0 Å². The van der Waals surface area contributed by atoms with E-state index in [4.69, 9.17) is 9.47 Å². The predicted molar refractivity (Wildman–Crippen MR) is 91.5 cm³/mol. The molecule has 0 spiro atoms. The molecule has 2 aromatic carbocycles. The van der Waals surface area contributed by atoms with Gasteiger partial charge in [-0.3, -0.25) is 9.52 Å². The number of rotatable bonds is 6. The molecule has 0 bridgehead atoms. The second kappa shape index (κ2) is 6.92. The molecular formula is C17H19NO5S. The molecule has 1 N–H and O–H groups in total. The summed E-state index contributed by atoms with van der Waals surface area (Å²) in [6.45, 7) is 3.14. The van der Waals surface area contributed by atoms with Gasteiger partial charge in [-0.05, 0) is 38.1 Å². The molecule has 0 amide bonds. The molecule has 7 heteroatoms. The average Bonchev–Trinajstić information content (AvgIpc) is 2.54. The van der Waals surface area contributed by atoms with Crippen molar-refractivity contribution >= 4 is 21.5 Å². The number of anilines is 1. The average molecular weight is 349 g/mol. The standard InChI is InChI=1S/C17H19NO5S/c1-11-15(22-3)8-9-16(17(11)23-4)24(20,21)18-14-7-5-6-13(10-14)12(2)19/h5-10,18H,1-4H3. The van der Waals surface area contributed by atoms with Gasteiger partial charge in [0.15, 0.2) is 5.78 Å². The first-order valence-electron chi connectivity index (χ1n) is 7.15. The maximum Gasteiger partial charge on any atom is 0.265 e. The Morgan fingerprint density at radius 2 is 1.79 bits per heavy atom. The maximum absolute atomic E-state index is 12.7. The summed E-state index contributed by atoms with van der Waals surface area (Å²) in [7, 11) is -0.986. The quantitative estimate of drug-likeness (QED) is 0.811. The molecule has 0 fully saturated rings. The highest BCUT2D eigenvalue weighted by Gasteiger charge is 2.23. The molecule has 0 aliphatic carbocycles. The van der Waals surface area contributed by atoms with Gasteiger partial charge in [0.2, 0.25) is 0 Å². The van der Waals surface area contributed by atoms with E-state index >= 15 is 0 Å². The summed E-state index contributed by atoms with van der Waals surface area (Å²) < 4.78 is 38.3. The van der Waals surface area contributed by atoms with Crippen molar-refractivity contribution in [2.24, 2.45) is 0 Å². The molecule has 24 heavy (non-hydrogen) atoms. The van der Waals surface area contributed by atoms with Crippen LogP contribution in [-0.2, 0) is 10.0 Å². The Morgan fingerprint density at radius 1 is 1.08 bits per heavy atom. The predicted octanol–water partition coefficient (Wildman–Crippen LogP) is 3.02. The number of benzene rings is 2. The first kappa shape index (κ1) is 17.8. The third-order valence-electron chi connectivity index (χ3n) is 3.55. The van der Waals surface area contributed by atoms with E-state index in [-0.39, 0.29) is 16.4 Å². The molecule has 6 nitrogen and oxygen atoms in total. The van der Waals surface area contributed by atoms with Crippen LogP contribution in [0.25, 0.3) is 0 Å². The van der Waals surface area contributed by atoms with Gasteiger partial charge >= 0.3 is 0 Å². The van der Waals surface area contributed by atoms with Gasteiger partial charge < -0.3 is 9.47 Å². The van der Waals surface area contributed by atoms with Gasteiger partial charge in [-0.15, -0.1) is 0 Å². The van der Waals surface area contributed by atoms with E-state index in [2.05, 4.69) is 4.72 Å². The summed E-state index contributed by atoms with van der Waals surface area (Å²) in [4.78, 5) is 11.4. The number of hydrogen-bond acceptors (Lipinski definition) is 5. The number of ether oxygens (including phenoxy) is 2. The number of ketones is 1. The molecule has 0 aromatic heterocycles. The van der Waals surface area contributed by atoms with Crippen LogP contribution in [0.4, 0.5) is 5.69 Å². The zero-order valence-corrected chi connectivity index (χ0v) is 14.7. The van der Waals surface area contributed by atoms with Crippen LogP contribution in [0.2, 0.25) is 0 Å². The maximum atomic E-state index is 12.7. The lowest BCUT2D eigenvalue weighted by atomic mass is 10.1. The molecule has 0 aliphatic rings. The monoisotopic (exact) mass is 349 g/mol. The van der Waals surface area contributed by atoms with Crippen LogP contribution in [0.3, 0.4) is 0 Å². The summed E-state index contributed by atoms with van der Waals surface area (Å²) in [6, 6.07) is 9.29. The van der Waals surface area contributed by atoms with Gasteiger partial charge in [-0.1, -0.05) is 12.1 Å². The zero-order valence-electron chi connectivity index (χ0n) is 13.9. The highest BCUT2D eigenvalue weighted by atomic mass is 32.2. The topological polar surface area (TPSA) is 81.7 Å². The van der Waals surface area contributed by atoms with E-state index in [9.17, 15) is 13.2 Å². The number of Topliss-reactive ketones (excluding diaryl/α,β-unsaturated/α-hetero) is 1. The molecule has 0 atom stereocenters. The van der Waals surface area contributed by atoms with E-state index in [1.807, 2.05) is 0 Å². The lowest BCUT2D eigenvalue weighted by Crippen LogP contribution is -2.15. The Labute approximate surface area is 141 Å². The Bertz CT molecular complexity index is 875. The smallest absolute Gasteiger partial charge is 0.265 e. The minimum Gasteiger partial charge on any atom is -0.496 e. The zero-order chi connectivity index (χ0) is 17.9. The van der Waals surface area contributed by atoms with Crippen LogP contribution < -0.4 is 14.2 Å². The number of sulfonamides is 1. The largest absolute Gasteiger partial charge is 0.496 e. The minimum atomic E-state index is -3.89. The van der Waals surface area contributed by atoms with E-state index in [1.54, 1.807) is 31.2 Å². The van der Waals surface area contributed by atoms with E-state index < -0.39 is 10.0 Å². The molecule has 2 aromatic rings. The number of nitrogens with one attached hydrogen (secondary N) is 1. The summed E-state index contributed by atoms with van der Waals surface area (Å²) in [6.07, 6.45) is 0. The Kier molecular flexibility index (Phi) is 5.14. The van der Waals surface area contributed by atoms with Crippen molar-refractivity contribution in [2.45, 2.75) is 18.7 Å². The Morgan fingerprint density at radius 3 is 2.38 bits per heavy atom. The molecule has 0 radical (unpaired) electrons. The van der Waals surface area contributed by atoms with Crippen LogP contribution in [0, 0.1) is 6.92 Å². The summed E-state index contributed by atoms with van der Waals surface area (Å²) in [5.41, 5.74) is 1.31. The first-order valence-corrected chi connectivity index (χ1v) is 8.64. The minimum absolute atomic E-state index is 0.00321. The number of hydrogen-bond donors (Lipinski definition) is 1. The van der Waals surface area contributed by atoms with Crippen LogP contribution in [0.1, 0.15) is 22.8 Å². The van der Waals surface area contributed by atoms with Crippen molar-refractivity contribution in [2.75, 3.05) is 18.9 Å². The van der Waals surface area contributed by atoms with Gasteiger partial charge in [0.05, 0.1) is 14.2 Å². The van der Waals surface area contributed by atoms with Crippen molar-refractivity contribution in [3.05, 3.63) is 47.5 Å². The Balaban J connectivity index is 2.46. The summed E-state index contributed by atoms with van der Waals surface area (Å²) in [5, 5.41) is 0. The number of carbonyl (C=O) groups is 1. The van der Waals surface area contributed by atoms with E-state index in [0.717, 1.165) is 0 Å². The lowest BCUT2D eigenvalue weighted by molar-refractivity contribution is 0.101. The molecule has 0 unspecified atom stereocenters. The molecule has 0 saturated heterocycles. The lowest BCUT2D eigenvalue weighted by Gasteiger charge is -2.15. The highest BCUT2D eigenvalue weighted by molar-refractivity contribution is 7.92. The fourth-order valence-corrected chi connectivity index (χ4v) is 3.62. The third-order valence-corrected chi connectivity index (χ3v) is 4.96. The molecule has 0 heterocycles. The molecule has 0 saturated carbocycles. The van der Waals surface area contributed by atoms with Gasteiger partial charge in [0, 0.05) is 16.8 Å². The van der Waals surface area contributed by atoms with Crippen LogP contribution >= 0.6 is 0 Å². The van der Waals surface area contributed by atoms with E-state index in [1.165, 1.54) is 33.3 Å². The second-order valence-electron chi connectivity index (χ2n) is 5.17. The third kappa shape index (κ3) is 3.51. The van der Waals surface area contributed by atoms with Crippen molar-refractivity contribution < 1.29 is 22.7 Å². The van der Waals surface area contributed by atoms with Gasteiger partial charge in [0.1, 0.15) is 16.4 Å². The fourth-order valence-electron chi connectivity index (χ4n) is 2.35. The Hall–Kier alpha value is -2.54. The number of methoxy groups -OCH3 is 2.